The summed E-state index contributed by atoms with van der Waals surface area (Å²) in [4.78, 5) is 22.4. The molecular formula is C20H19Cl3N2O5. The first kappa shape index (κ1) is 24.0. The summed E-state index contributed by atoms with van der Waals surface area (Å²) in [6, 6.07) is 10.1. The van der Waals surface area contributed by atoms with Crippen LogP contribution in [0.1, 0.15) is 16.7 Å². The molecule has 0 radical (unpaired) electrons. The van der Waals surface area contributed by atoms with Crippen LogP contribution in [-0.4, -0.2) is 45.3 Å². The topological polar surface area (TPSA) is 78.7 Å². The van der Waals surface area contributed by atoms with Gasteiger partial charge in [0.25, 0.3) is 0 Å². The minimum Gasteiger partial charge on any atom is -0.464 e. The quantitative estimate of drug-likeness (QED) is 0.299. The fourth-order valence-corrected chi connectivity index (χ4v) is 3.14. The Labute approximate surface area is 189 Å². The summed E-state index contributed by atoms with van der Waals surface area (Å²) < 4.78 is 9.95. The lowest BCUT2D eigenvalue weighted by molar-refractivity contribution is -0.132. The van der Waals surface area contributed by atoms with Gasteiger partial charge < -0.3 is 19.1 Å². The summed E-state index contributed by atoms with van der Waals surface area (Å²) in [5.41, 5.74) is 1.80. The third-order valence-electron chi connectivity index (χ3n) is 3.86. The highest BCUT2D eigenvalue weighted by atomic mass is 35.5. The monoisotopic (exact) mass is 472 g/mol. The first-order valence-corrected chi connectivity index (χ1v) is 9.67. The van der Waals surface area contributed by atoms with E-state index in [-0.39, 0.29) is 18.9 Å². The van der Waals surface area contributed by atoms with Gasteiger partial charge in [0.1, 0.15) is 19.4 Å². The molecule has 0 N–H and O–H groups in total. The molecule has 0 aliphatic rings. The zero-order chi connectivity index (χ0) is 22.1. The Bertz CT molecular complexity index is 963. The van der Waals surface area contributed by atoms with E-state index in [2.05, 4.69) is 10.3 Å². The van der Waals surface area contributed by atoms with Crippen LogP contribution >= 0.6 is 34.8 Å². The van der Waals surface area contributed by atoms with E-state index < -0.39 is 5.97 Å². The van der Waals surface area contributed by atoms with Gasteiger partial charge >= 0.3 is 5.97 Å². The van der Waals surface area contributed by atoms with Gasteiger partial charge in [-0.3, -0.25) is 0 Å². The number of oxime groups is 2. The van der Waals surface area contributed by atoms with Gasteiger partial charge in [-0.2, -0.15) is 0 Å². The second-order valence-electron chi connectivity index (χ2n) is 5.73. The van der Waals surface area contributed by atoms with Gasteiger partial charge in [0, 0.05) is 28.8 Å². The van der Waals surface area contributed by atoms with E-state index in [1.807, 2.05) is 0 Å². The van der Waals surface area contributed by atoms with Crippen molar-refractivity contribution in [3.8, 4) is 0 Å². The molecular weight excluding hydrogens is 455 g/mol. The van der Waals surface area contributed by atoms with Crippen molar-refractivity contribution in [3.05, 3.63) is 68.2 Å². The molecule has 0 atom stereocenters. The van der Waals surface area contributed by atoms with Crippen LogP contribution < -0.4 is 0 Å². The van der Waals surface area contributed by atoms with Crippen LogP contribution in [0.3, 0.4) is 0 Å². The predicted octanol–water partition coefficient (Wildman–Crippen LogP) is 4.74. The third-order valence-corrected chi connectivity index (χ3v) is 5.04. The van der Waals surface area contributed by atoms with E-state index in [1.54, 1.807) is 36.4 Å². The van der Waals surface area contributed by atoms with Crippen LogP contribution in [-0.2, 0) is 30.6 Å². The van der Waals surface area contributed by atoms with E-state index >= 15 is 0 Å². The number of hydrogen-bond acceptors (Lipinski definition) is 7. The number of carbonyl (C=O) groups excluding carboxylic acids is 1. The SMILES string of the molecule is COC/C(=N\OCc1c(Cl)cccc1/C(=N\OC)C(=O)OC)c1cccc(Cl)c1Cl. The van der Waals surface area contributed by atoms with E-state index in [0.717, 1.165) is 0 Å². The Hall–Kier alpha value is -2.32. The van der Waals surface area contributed by atoms with Gasteiger partial charge in [0.15, 0.2) is 5.71 Å². The van der Waals surface area contributed by atoms with Crippen molar-refractivity contribution in [2.24, 2.45) is 10.3 Å². The van der Waals surface area contributed by atoms with E-state index in [0.29, 0.717) is 37.5 Å². The molecule has 30 heavy (non-hydrogen) atoms. The maximum Gasteiger partial charge on any atom is 0.360 e. The van der Waals surface area contributed by atoms with Crippen LogP contribution in [0.5, 0.6) is 0 Å². The highest BCUT2D eigenvalue weighted by molar-refractivity contribution is 6.44. The molecule has 0 aliphatic heterocycles. The number of carbonyl (C=O) groups is 1. The highest BCUT2D eigenvalue weighted by Crippen LogP contribution is 2.27. The minimum atomic E-state index is -0.686. The number of hydrogen-bond donors (Lipinski definition) is 0. The maximum atomic E-state index is 12.1. The van der Waals surface area contributed by atoms with Crippen LogP contribution in [0.15, 0.2) is 46.7 Å². The van der Waals surface area contributed by atoms with Gasteiger partial charge in [-0.05, 0) is 12.1 Å². The molecule has 2 aromatic rings. The van der Waals surface area contributed by atoms with Crippen LogP contribution in [0.2, 0.25) is 15.1 Å². The van der Waals surface area contributed by atoms with Gasteiger partial charge in [-0.1, -0.05) is 69.4 Å². The van der Waals surface area contributed by atoms with Crippen molar-refractivity contribution >= 4 is 52.2 Å². The molecule has 2 aromatic carbocycles. The normalized spacial score (nSPS) is 11.9. The van der Waals surface area contributed by atoms with Crippen molar-refractivity contribution in [1.29, 1.82) is 0 Å². The number of methoxy groups -OCH3 is 2. The van der Waals surface area contributed by atoms with Crippen molar-refractivity contribution in [3.63, 3.8) is 0 Å². The fourth-order valence-electron chi connectivity index (χ4n) is 2.50. The Kier molecular flexibility index (Phi) is 9.39. The first-order valence-electron chi connectivity index (χ1n) is 8.53. The number of rotatable bonds is 9. The molecule has 0 fully saturated rings. The zero-order valence-electron chi connectivity index (χ0n) is 16.4. The van der Waals surface area contributed by atoms with Gasteiger partial charge in [-0.15, -0.1) is 0 Å². The molecule has 160 valence electrons. The number of benzene rings is 2. The van der Waals surface area contributed by atoms with E-state index in [9.17, 15) is 4.79 Å². The Morgan fingerprint density at radius 2 is 1.60 bits per heavy atom. The Morgan fingerprint density at radius 3 is 2.23 bits per heavy atom. The molecule has 0 unspecified atom stereocenters. The highest BCUT2D eigenvalue weighted by Gasteiger charge is 2.21. The minimum absolute atomic E-state index is 0.0555. The largest absolute Gasteiger partial charge is 0.464 e. The fraction of sp³-hybridized carbons (Fsp3) is 0.250. The van der Waals surface area contributed by atoms with E-state index in [4.69, 9.17) is 54.0 Å². The molecule has 0 saturated carbocycles. The lowest BCUT2D eigenvalue weighted by Gasteiger charge is -2.12. The molecule has 2 rings (SSSR count). The first-order chi connectivity index (χ1) is 14.4. The zero-order valence-corrected chi connectivity index (χ0v) is 18.7. The Balaban J connectivity index is 2.37. The van der Waals surface area contributed by atoms with Crippen molar-refractivity contribution < 1.29 is 23.9 Å². The number of esters is 1. The molecule has 0 aromatic heterocycles. The average molecular weight is 474 g/mol. The van der Waals surface area contributed by atoms with Crippen molar-refractivity contribution in [1.82, 2.24) is 0 Å². The van der Waals surface area contributed by atoms with Crippen molar-refractivity contribution in [2.45, 2.75) is 6.61 Å². The molecule has 0 spiro atoms. The molecule has 0 saturated heterocycles. The van der Waals surface area contributed by atoms with Gasteiger partial charge in [0.2, 0.25) is 0 Å². The number of nitrogens with zero attached hydrogens (tertiary/aromatic N) is 2. The number of ether oxygens (including phenoxy) is 2. The standard InChI is InChI=1S/C20H19Cl3N2O5/c1-27-11-17(13-7-5-9-16(22)18(13)23)24-30-10-14-12(6-4-8-15(14)21)19(25-29-3)20(26)28-2/h4-9H,10-11H2,1-3H3/b24-17+,25-19+. The number of halogens is 3. The molecule has 0 aliphatic carbocycles. The molecule has 0 heterocycles. The van der Waals surface area contributed by atoms with Crippen LogP contribution in [0.4, 0.5) is 0 Å². The summed E-state index contributed by atoms with van der Waals surface area (Å²) in [7, 11) is 4.08. The van der Waals surface area contributed by atoms with Gasteiger partial charge in [0.05, 0.1) is 23.8 Å². The van der Waals surface area contributed by atoms with Crippen molar-refractivity contribution in [2.75, 3.05) is 27.9 Å². The summed E-state index contributed by atoms with van der Waals surface area (Å²) in [6.07, 6.45) is 0. The lowest BCUT2D eigenvalue weighted by atomic mass is 10.0. The molecule has 0 bridgehead atoms. The maximum absolute atomic E-state index is 12.1. The predicted molar refractivity (Wildman–Crippen MR) is 117 cm³/mol. The average Bonchev–Trinajstić information content (AvgIpc) is 2.74. The lowest BCUT2D eigenvalue weighted by Crippen LogP contribution is -2.19. The second-order valence-corrected chi connectivity index (χ2v) is 6.92. The summed E-state index contributed by atoms with van der Waals surface area (Å²) >= 11 is 18.7. The molecule has 0 amide bonds. The van der Waals surface area contributed by atoms with Crippen LogP contribution in [0.25, 0.3) is 0 Å². The summed E-state index contributed by atoms with van der Waals surface area (Å²) in [6.45, 7) is 0.0636. The van der Waals surface area contributed by atoms with Crippen LogP contribution in [0, 0.1) is 0 Å². The smallest absolute Gasteiger partial charge is 0.360 e. The second kappa shape index (κ2) is 11.8. The summed E-state index contributed by atoms with van der Waals surface area (Å²) in [5.74, 6) is -0.686. The summed E-state index contributed by atoms with van der Waals surface area (Å²) in [5, 5.41) is 8.95. The van der Waals surface area contributed by atoms with E-state index in [1.165, 1.54) is 21.3 Å². The third kappa shape index (κ3) is 5.86. The molecule has 7 nitrogen and oxygen atoms in total. The van der Waals surface area contributed by atoms with Gasteiger partial charge in [-0.25, -0.2) is 4.79 Å². The Morgan fingerprint density at radius 1 is 0.933 bits per heavy atom. The molecule has 10 heteroatoms.